The molecule has 2 aromatic heterocycles. The molecule has 0 aliphatic heterocycles. The van der Waals surface area contributed by atoms with Crippen LogP contribution in [0.2, 0.25) is 10.0 Å². The molecule has 0 fully saturated rings. The summed E-state index contributed by atoms with van der Waals surface area (Å²) in [5.41, 5.74) is -1.35. The maximum atomic E-state index is 14.0. The Morgan fingerprint density at radius 2 is 1.86 bits per heavy atom. The first kappa shape index (κ1) is 21.1. The molecule has 0 saturated heterocycles. The number of aromatic nitrogens is 3. The standard InChI is InChI=1S/C18H12Cl2F4N4O/c1-27(9-11-12(19)3-2-4-13(11)21)14-8-26-28(17(29)16(14)20)15-6-5-10(7-25-15)18(22,23)24/h2-8H,9H2,1H3. The van der Waals surface area contributed by atoms with E-state index < -0.39 is 23.1 Å². The molecule has 0 aliphatic rings. The lowest BCUT2D eigenvalue weighted by Gasteiger charge is -2.21. The zero-order valence-electron chi connectivity index (χ0n) is 14.7. The number of pyridine rings is 1. The molecular formula is C18H12Cl2F4N4O. The Balaban J connectivity index is 1.92. The third-order valence-corrected chi connectivity index (χ3v) is 4.77. The van der Waals surface area contributed by atoms with Crippen LogP contribution >= 0.6 is 23.2 Å². The molecule has 1 aromatic carbocycles. The average molecular weight is 447 g/mol. The molecule has 0 radical (unpaired) electrons. The van der Waals surface area contributed by atoms with Crippen molar-refractivity contribution < 1.29 is 17.6 Å². The van der Waals surface area contributed by atoms with E-state index in [9.17, 15) is 22.4 Å². The van der Waals surface area contributed by atoms with Gasteiger partial charge in [0.1, 0.15) is 10.8 Å². The normalized spacial score (nSPS) is 11.6. The van der Waals surface area contributed by atoms with Gasteiger partial charge in [-0.3, -0.25) is 4.79 Å². The van der Waals surface area contributed by atoms with Crippen LogP contribution in [-0.4, -0.2) is 21.8 Å². The predicted molar refractivity (Wildman–Crippen MR) is 101 cm³/mol. The van der Waals surface area contributed by atoms with Crippen LogP contribution in [0.15, 0.2) is 47.5 Å². The first-order valence-corrected chi connectivity index (χ1v) is 8.80. The molecule has 11 heteroatoms. The number of benzene rings is 1. The van der Waals surface area contributed by atoms with Gasteiger partial charge in [0, 0.05) is 30.4 Å². The monoisotopic (exact) mass is 446 g/mol. The van der Waals surface area contributed by atoms with E-state index in [4.69, 9.17) is 23.2 Å². The minimum atomic E-state index is -4.55. The topological polar surface area (TPSA) is 51.0 Å². The second kappa shape index (κ2) is 8.00. The van der Waals surface area contributed by atoms with Gasteiger partial charge in [0.15, 0.2) is 5.82 Å². The molecule has 2 heterocycles. The number of hydrogen-bond acceptors (Lipinski definition) is 4. The van der Waals surface area contributed by atoms with Crippen molar-refractivity contribution in [3.63, 3.8) is 0 Å². The largest absolute Gasteiger partial charge is 0.417 e. The molecule has 5 nitrogen and oxygen atoms in total. The Bertz CT molecular complexity index is 1080. The number of anilines is 1. The number of rotatable bonds is 4. The van der Waals surface area contributed by atoms with E-state index in [2.05, 4.69) is 10.1 Å². The van der Waals surface area contributed by atoms with Crippen molar-refractivity contribution in [3.8, 4) is 5.82 Å². The summed E-state index contributed by atoms with van der Waals surface area (Å²) in [7, 11) is 1.56. The highest BCUT2D eigenvalue weighted by Crippen LogP contribution is 2.29. The Morgan fingerprint density at radius 3 is 2.45 bits per heavy atom. The van der Waals surface area contributed by atoms with Gasteiger partial charge in [-0.1, -0.05) is 29.3 Å². The van der Waals surface area contributed by atoms with E-state index in [0.717, 1.165) is 16.8 Å². The summed E-state index contributed by atoms with van der Waals surface area (Å²) < 4.78 is 52.7. The molecule has 0 spiro atoms. The Kier molecular flexibility index (Phi) is 5.81. The molecule has 0 unspecified atom stereocenters. The smallest absolute Gasteiger partial charge is 0.367 e. The molecule has 152 valence electrons. The van der Waals surface area contributed by atoms with Crippen molar-refractivity contribution in [1.82, 2.24) is 14.8 Å². The van der Waals surface area contributed by atoms with Crippen LogP contribution in [0.3, 0.4) is 0 Å². The highest BCUT2D eigenvalue weighted by molar-refractivity contribution is 6.33. The SMILES string of the molecule is CN(Cc1c(F)cccc1Cl)c1cnn(-c2ccc(C(F)(F)F)cn2)c(=O)c1Cl. The van der Waals surface area contributed by atoms with E-state index in [1.807, 2.05) is 0 Å². The fourth-order valence-corrected chi connectivity index (χ4v) is 3.03. The molecule has 29 heavy (non-hydrogen) atoms. The number of hydrogen-bond donors (Lipinski definition) is 0. The molecule has 3 rings (SSSR count). The van der Waals surface area contributed by atoms with Crippen molar-refractivity contribution in [2.24, 2.45) is 0 Å². The van der Waals surface area contributed by atoms with Gasteiger partial charge in [-0.05, 0) is 24.3 Å². The second-order valence-electron chi connectivity index (χ2n) is 6.02. The zero-order valence-corrected chi connectivity index (χ0v) is 16.2. The molecule has 0 N–H and O–H groups in total. The summed E-state index contributed by atoms with van der Waals surface area (Å²) in [5, 5.41) is 3.87. The van der Waals surface area contributed by atoms with Gasteiger partial charge in [0.2, 0.25) is 0 Å². The second-order valence-corrected chi connectivity index (χ2v) is 6.81. The Hall–Kier alpha value is -2.65. The van der Waals surface area contributed by atoms with Crippen LogP contribution in [0.4, 0.5) is 23.2 Å². The van der Waals surface area contributed by atoms with E-state index in [0.29, 0.717) is 6.20 Å². The maximum absolute atomic E-state index is 14.0. The van der Waals surface area contributed by atoms with E-state index in [1.165, 1.54) is 29.3 Å². The molecule has 0 aliphatic carbocycles. The van der Waals surface area contributed by atoms with Gasteiger partial charge in [-0.25, -0.2) is 9.37 Å². The van der Waals surface area contributed by atoms with Gasteiger partial charge in [0.25, 0.3) is 5.56 Å². The molecular weight excluding hydrogens is 435 g/mol. The van der Waals surface area contributed by atoms with Gasteiger partial charge in [0.05, 0.1) is 17.4 Å². The van der Waals surface area contributed by atoms with Crippen molar-refractivity contribution >= 4 is 28.9 Å². The highest BCUT2D eigenvalue weighted by atomic mass is 35.5. The lowest BCUT2D eigenvalue weighted by atomic mass is 10.2. The highest BCUT2D eigenvalue weighted by Gasteiger charge is 2.30. The molecule has 0 amide bonds. The van der Waals surface area contributed by atoms with Crippen molar-refractivity contribution in [2.45, 2.75) is 12.7 Å². The van der Waals surface area contributed by atoms with E-state index in [1.54, 1.807) is 7.05 Å². The van der Waals surface area contributed by atoms with Crippen LogP contribution in [0.5, 0.6) is 0 Å². The zero-order chi connectivity index (χ0) is 21.3. The predicted octanol–water partition coefficient (Wildman–Crippen LogP) is 4.73. The number of alkyl halides is 3. The average Bonchev–Trinajstić information content (AvgIpc) is 2.66. The van der Waals surface area contributed by atoms with E-state index >= 15 is 0 Å². The Labute approximate surface area is 172 Å². The van der Waals surface area contributed by atoms with Gasteiger partial charge in [-0.15, -0.1) is 0 Å². The minimum absolute atomic E-state index is 0.00882. The van der Waals surface area contributed by atoms with E-state index in [-0.39, 0.29) is 33.7 Å². The fourth-order valence-electron chi connectivity index (χ4n) is 2.54. The molecule has 3 aromatic rings. The van der Waals surface area contributed by atoms with Gasteiger partial charge >= 0.3 is 6.18 Å². The van der Waals surface area contributed by atoms with Crippen LogP contribution in [0.1, 0.15) is 11.1 Å². The summed E-state index contributed by atoms with van der Waals surface area (Å²) >= 11 is 12.2. The third-order valence-electron chi connectivity index (χ3n) is 4.06. The summed E-state index contributed by atoms with van der Waals surface area (Å²) in [6.07, 6.45) is -2.72. The van der Waals surface area contributed by atoms with Crippen molar-refractivity contribution in [3.05, 3.63) is 80.1 Å². The summed E-state index contributed by atoms with van der Waals surface area (Å²) in [6.45, 7) is 0.00882. The summed E-state index contributed by atoms with van der Waals surface area (Å²) in [6, 6.07) is 6.04. The lowest BCUT2D eigenvalue weighted by molar-refractivity contribution is -0.137. The Morgan fingerprint density at radius 1 is 1.14 bits per heavy atom. The van der Waals surface area contributed by atoms with Crippen LogP contribution < -0.4 is 10.5 Å². The van der Waals surface area contributed by atoms with Crippen molar-refractivity contribution in [1.29, 1.82) is 0 Å². The summed E-state index contributed by atoms with van der Waals surface area (Å²) in [4.78, 5) is 17.6. The first-order valence-electron chi connectivity index (χ1n) is 8.05. The van der Waals surface area contributed by atoms with Gasteiger partial charge in [-0.2, -0.15) is 23.0 Å². The molecule has 0 bridgehead atoms. The number of nitrogens with zero attached hydrogens (tertiary/aromatic N) is 4. The van der Waals surface area contributed by atoms with Crippen LogP contribution in [0, 0.1) is 5.82 Å². The van der Waals surface area contributed by atoms with Crippen LogP contribution in [-0.2, 0) is 12.7 Å². The third kappa shape index (κ3) is 4.35. The van der Waals surface area contributed by atoms with Crippen LogP contribution in [0.25, 0.3) is 5.82 Å². The quantitative estimate of drug-likeness (QED) is 0.543. The maximum Gasteiger partial charge on any atom is 0.417 e. The summed E-state index contributed by atoms with van der Waals surface area (Å²) in [5.74, 6) is -0.646. The first-order chi connectivity index (χ1) is 13.6. The van der Waals surface area contributed by atoms with Gasteiger partial charge < -0.3 is 4.90 Å². The fraction of sp³-hybridized carbons (Fsp3) is 0.167. The van der Waals surface area contributed by atoms with Crippen molar-refractivity contribution in [2.75, 3.05) is 11.9 Å². The molecule has 0 saturated carbocycles. The molecule has 0 atom stereocenters. The minimum Gasteiger partial charge on any atom is -0.367 e. The number of halogens is 6. The lowest BCUT2D eigenvalue weighted by Crippen LogP contribution is -2.27.